The van der Waals surface area contributed by atoms with Crippen LogP contribution in [0.25, 0.3) is 0 Å². The Morgan fingerprint density at radius 1 is 1.50 bits per heavy atom. The van der Waals surface area contributed by atoms with Crippen LogP contribution in [0.5, 0.6) is 0 Å². The lowest BCUT2D eigenvalue weighted by molar-refractivity contribution is -0.122. The first-order valence-corrected chi connectivity index (χ1v) is 5.32. The molecule has 1 amide bonds. The van der Waals surface area contributed by atoms with Gasteiger partial charge in [-0.05, 0) is 32.4 Å². The second-order valence-corrected chi connectivity index (χ2v) is 3.69. The van der Waals surface area contributed by atoms with Crippen molar-refractivity contribution in [1.29, 1.82) is 0 Å². The summed E-state index contributed by atoms with van der Waals surface area (Å²) in [4.78, 5) is 11.4. The summed E-state index contributed by atoms with van der Waals surface area (Å²) in [5, 5.41) is 6.35. The van der Waals surface area contributed by atoms with Gasteiger partial charge >= 0.3 is 0 Å². The van der Waals surface area contributed by atoms with Crippen LogP contribution in [0, 0.1) is 0 Å². The second-order valence-electron chi connectivity index (χ2n) is 3.69. The van der Waals surface area contributed by atoms with E-state index in [1.54, 1.807) is 7.11 Å². The standard InChI is InChI=1S/C10H20N2O2/c1-14-8-5-10(13)12-9-3-2-6-11-7-4-9/h9,11H,2-8H2,1H3,(H,12,13). The number of carbonyl (C=O) groups excluding carboxylic acids is 1. The van der Waals surface area contributed by atoms with Crippen molar-refractivity contribution in [2.75, 3.05) is 26.8 Å². The van der Waals surface area contributed by atoms with Gasteiger partial charge in [0.1, 0.15) is 0 Å². The first-order valence-electron chi connectivity index (χ1n) is 5.32. The minimum Gasteiger partial charge on any atom is -0.384 e. The van der Waals surface area contributed by atoms with Gasteiger partial charge in [0, 0.05) is 19.6 Å². The van der Waals surface area contributed by atoms with E-state index in [2.05, 4.69) is 10.6 Å². The van der Waals surface area contributed by atoms with Gasteiger partial charge < -0.3 is 15.4 Å². The zero-order chi connectivity index (χ0) is 10.2. The number of methoxy groups -OCH3 is 1. The molecule has 1 atom stereocenters. The Hall–Kier alpha value is -0.610. The predicted octanol–water partition coefficient (Wildman–Crippen LogP) is 0.281. The molecule has 1 heterocycles. The number of rotatable bonds is 4. The van der Waals surface area contributed by atoms with Gasteiger partial charge in [-0.2, -0.15) is 0 Å². The van der Waals surface area contributed by atoms with Crippen LogP contribution >= 0.6 is 0 Å². The molecule has 2 N–H and O–H groups in total. The normalized spacial score (nSPS) is 22.8. The molecular formula is C10H20N2O2. The monoisotopic (exact) mass is 200 g/mol. The van der Waals surface area contributed by atoms with Crippen LogP contribution in [0.4, 0.5) is 0 Å². The van der Waals surface area contributed by atoms with Gasteiger partial charge in [0.2, 0.25) is 5.91 Å². The zero-order valence-electron chi connectivity index (χ0n) is 8.84. The summed E-state index contributed by atoms with van der Waals surface area (Å²) in [6.45, 7) is 2.59. The Kier molecular flexibility index (Phi) is 5.56. The van der Waals surface area contributed by atoms with Gasteiger partial charge in [0.25, 0.3) is 0 Å². The maximum absolute atomic E-state index is 11.4. The molecule has 82 valence electrons. The third-order valence-corrected chi connectivity index (χ3v) is 2.47. The minimum absolute atomic E-state index is 0.110. The molecule has 1 saturated heterocycles. The highest BCUT2D eigenvalue weighted by molar-refractivity contribution is 5.76. The van der Waals surface area contributed by atoms with E-state index in [0.717, 1.165) is 32.4 Å². The highest BCUT2D eigenvalue weighted by atomic mass is 16.5. The Bertz CT molecular complexity index is 166. The lowest BCUT2D eigenvalue weighted by Gasteiger charge is -2.15. The average Bonchev–Trinajstić information content (AvgIpc) is 2.43. The molecule has 0 radical (unpaired) electrons. The maximum atomic E-state index is 11.4. The summed E-state index contributed by atoms with van der Waals surface area (Å²) in [7, 11) is 1.61. The van der Waals surface area contributed by atoms with Gasteiger partial charge in [-0.25, -0.2) is 0 Å². The van der Waals surface area contributed by atoms with Crippen LogP contribution in [-0.4, -0.2) is 38.8 Å². The Balaban J connectivity index is 2.17. The fourth-order valence-electron chi connectivity index (χ4n) is 1.66. The number of hydrogen-bond donors (Lipinski definition) is 2. The van der Waals surface area contributed by atoms with Gasteiger partial charge in [-0.1, -0.05) is 0 Å². The largest absolute Gasteiger partial charge is 0.384 e. The van der Waals surface area contributed by atoms with E-state index in [4.69, 9.17) is 4.74 Å². The fourth-order valence-corrected chi connectivity index (χ4v) is 1.66. The van der Waals surface area contributed by atoms with Crippen molar-refractivity contribution in [1.82, 2.24) is 10.6 Å². The minimum atomic E-state index is 0.110. The second kappa shape index (κ2) is 6.79. The molecular weight excluding hydrogens is 180 g/mol. The summed E-state index contributed by atoms with van der Waals surface area (Å²) < 4.78 is 4.85. The molecule has 1 aliphatic heterocycles. The summed E-state index contributed by atoms with van der Waals surface area (Å²) in [5.41, 5.74) is 0. The van der Waals surface area contributed by atoms with Crippen LogP contribution in [0.3, 0.4) is 0 Å². The quantitative estimate of drug-likeness (QED) is 0.685. The first-order chi connectivity index (χ1) is 6.83. The van der Waals surface area contributed by atoms with Crippen LogP contribution in [0.2, 0.25) is 0 Å². The molecule has 1 unspecified atom stereocenters. The third kappa shape index (κ3) is 4.58. The van der Waals surface area contributed by atoms with E-state index in [1.807, 2.05) is 0 Å². The summed E-state index contributed by atoms with van der Waals surface area (Å²) >= 11 is 0. The number of amides is 1. The van der Waals surface area contributed by atoms with Crippen LogP contribution < -0.4 is 10.6 Å². The van der Waals surface area contributed by atoms with E-state index in [0.29, 0.717) is 19.1 Å². The zero-order valence-corrected chi connectivity index (χ0v) is 8.84. The molecule has 4 heteroatoms. The van der Waals surface area contributed by atoms with Gasteiger partial charge in [0.05, 0.1) is 6.61 Å². The van der Waals surface area contributed by atoms with Crippen molar-refractivity contribution < 1.29 is 9.53 Å². The van der Waals surface area contributed by atoms with E-state index in [-0.39, 0.29) is 5.91 Å². The van der Waals surface area contributed by atoms with E-state index < -0.39 is 0 Å². The van der Waals surface area contributed by atoms with Crippen LogP contribution in [-0.2, 0) is 9.53 Å². The molecule has 0 aliphatic carbocycles. The Labute approximate surface area is 85.4 Å². The lowest BCUT2D eigenvalue weighted by atomic mass is 10.1. The number of ether oxygens (including phenoxy) is 1. The number of hydrogen-bond acceptors (Lipinski definition) is 3. The molecule has 1 aliphatic rings. The highest BCUT2D eigenvalue weighted by Gasteiger charge is 2.13. The molecule has 1 fully saturated rings. The van der Waals surface area contributed by atoms with Crippen LogP contribution in [0.1, 0.15) is 25.7 Å². The number of nitrogens with one attached hydrogen (secondary N) is 2. The maximum Gasteiger partial charge on any atom is 0.222 e. The van der Waals surface area contributed by atoms with E-state index in [1.165, 1.54) is 0 Å². The van der Waals surface area contributed by atoms with Crippen molar-refractivity contribution in [3.05, 3.63) is 0 Å². The summed E-state index contributed by atoms with van der Waals surface area (Å²) in [6, 6.07) is 0.356. The molecule has 1 rings (SSSR count). The van der Waals surface area contributed by atoms with Gasteiger partial charge in [0.15, 0.2) is 0 Å². The molecule has 0 aromatic heterocycles. The van der Waals surface area contributed by atoms with Crippen molar-refractivity contribution in [3.8, 4) is 0 Å². The molecule has 0 saturated carbocycles. The Morgan fingerprint density at radius 2 is 2.36 bits per heavy atom. The first kappa shape index (κ1) is 11.5. The van der Waals surface area contributed by atoms with Gasteiger partial charge in [-0.3, -0.25) is 4.79 Å². The average molecular weight is 200 g/mol. The van der Waals surface area contributed by atoms with Crippen molar-refractivity contribution in [2.24, 2.45) is 0 Å². The Morgan fingerprint density at radius 3 is 3.14 bits per heavy atom. The smallest absolute Gasteiger partial charge is 0.222 e. The van der Waals surface area contributed by atoms with Gasteiger partial charge in [-0.15, -0.1) is 0 Å². The SMILES string of the molecule is COCCC(=O)NC1CCCNCC1. The topological polar surface area (TPSA) is 50.4 Å². The summed E-state index contributed by atoms with van der Waals surface area (Å²) in [6.07, 6.45) is 3.75. The molecule has 0 bridgehead atoms. The predicted molar refractivity (Wildman–Crippen MR) is 55.1 cm³/mol. The van der Waals surface area contributed by atoms with Crippen molar-refractivity contribution in [2.45, 2.75) is 31.7 Å². The van der Waals surface area contributed by atoms with E-state index >= 15 is 0 Å². The van der Waals surface area contributed by atoms with Crippen LogP contribution in [0.15, 0.2) is 0 Å². The van der Waals surface area contributed by atoms with Crippen molar-refractivity contribution in [3.63, 3.8) is 0 Å². The molecule has 4 nitrogen and oxygen atoms in total. The molecule has 0 aromatic carbocycles. The lowest BCUT2D eigenvalue weighted by Crippen LogP contribution is -2.35. The molecule has 0 aromatic rings. The molecule has 14 heavy (non-hydrogen) atoms. The summed E-state index contributed by atoms with van der Waals surface area (Å²) in [5.74, 6) is 0.110. The number of carbonyl (C=O) groups is 1. The third-order valence-electron chi connectivity index (χ3n) is 2.47. The molecule has 0 spiro atoms. The fraction of sp³-hybridized carbons (Fsp3) is 0.900. The highest BCUT2D eigenvalue weighted by Crippen LogP contribution is 2.04. The van der Waals surface area contributed by atoms with Crippen molar-refractivity contribution >= 4 is 5.91 Å². The van der Waals surface area contributed by atoms with E-state index in [9.17, 15) is 4.79 Å².